The fourth-order valence-corrected chi connectivity index (χ4v) is 5.60. The van der Waals surface area contributed by atoms with Crippen molar-refractivity contribution < 1.29 is 4.79 Å². The van der Waals surface area contributed by atoms with E-state index in [1.165, 1.54) is 37.7 Å². The SMILES string of the molecule is C=C1C[C@H]2C(=CC1=O)C=C[C@@H]1[C@@H]2CC[C@]2(C)CCC[C@@H]12. The Bertz CT molecular complexity index is 538. The lowest BCUT2D eigenvalue weighted by atomic mass is 9.54. The van der Waals surface area contributed by atoms with Crippen molar-refractivity contribution in [3.05, 3.63) is 36.0 Å². The van der Waals surface area contributed by atoms with Crippen molar-refractivity contribution in [1.29, 1.82) is 0 Å². The molecule has 4 rings (SSSR count). The Kier molecular flexibility index (Phi) is 2.64. The van der Waals surface area contributed by atoms with E-state index < -0.39 is 0 Å². The van der Waals surface area contributed by atoms with Crippen LogP contribution in [-0.2, 0) is 4.79 Å². The highest BCUT2D eigenvalue weighted by atomic mass is 16.1. The lowest BCUT2D eigenvalue weighted by Gasteiger charge is -2.50. The molecule has 0 amide bonds. The van der Waals surface area contributed by atoms with Crippen LogP contribution in [0.5, 0.6) is 0 Å². The van der Waals surface area contributed by atoms with Crippen LogP contribution < -0.4 is 0 Å². The summed E-state index contributed by atoms with van der Waals surface area (Å²) in [6, 6.07) is 0. The minimum Gasteiger partial charge on any atom is -0.290 e. The molecule has 1 heteroatoms. The van der Waals surface area contributed by atoms with E-state index in [4.69, 9.17) is 0 Å². The first-order valence-corrected chi connectivity index (χ1v) is 8.20. The molecule has 4 aliphatic rings. The topological polar surface area (TPSA) is 17.1 Å². The van der Waals surface area contributed by atoms with E-state index in [-0.39, 0.29) is 5.78 Å². The molecule has 0 aromatic heterocycles. The number of hydrogen-bond donors (Lipinski definition) is 0. The predicted octanol–water partition coefficient (Wildman–Crippen LogP) is 4.46. The monoisotopic (exact) mass is 268 g/mol. The molecule has 0 aromatic carbocycles. The third-order valence-corrected chi connectivity index (χ3v) is 6.73. The Labute approximate surface area is 121 Å². The maximum absolute atomic E-state index is 11.8. The van der Waals surface area contributed by atoms with Crippen LogP contribution in [0.25, 0.3) is 0 Å². The van der Waals surface area contributed by atoms with Gasteiger partial charge in [0.1, 0.15) is 0 Å². The average Bonchev–Trinajstić information content (AvgIpc) is 2.82. The third kappa shape index (κ3) is 1.65. The van der Waals surface area contributed by atoms with Crippen molar-refractivity contribution >= 4 is 5.78 Å². The maximum atomic E-state index is 11.8. The van der Waals surface area contributed by atoms with Gasteiger partial charge in [0.25, 0.3) is 0 Å². The van der Waals surface area contributed by atoms with Crippen molar-refractivity contribution in [2.75, 3.05) is 0 Å². The number of fused-ring (bicyclic) bond motifs is 5. The van der Waals surface area contributed by atoms with E-state index >= 15 is 0 Å². The molecule has 106 valence electrons. The number of rotatable bonds is 0. The van der Waals surface area contributed by atoms with Crippen LogP contribution in [0.15, 0.2) is 36.0 Å². The minimum atomic E-state index is 0.154. The molecule has 2 saturated carbocycles. The van der Waals surface area contributed by atoms with Gasteiger partial charge in [-0.2, -0.15) is 0 Å². The molecule has 0 heterocycles. The van der Waals surface area contributed by atoms with Gasteiger partial charge in [0.15, 0.2) is 5.78 Å². The summed E-state index contributed by atoms with van der Waals surface area (Å²) in [5.74, 6) is 3.11. The van der Waals surface area contributed by atoms with Crippen LogP contribution in [0.4, 0.5) is 0 Å². The number of carbonyl (C=O) groups is 1. The van der Waals surface area contributed by atoms with Gasteiger partial charge in [-0.15, -0.1) is 0 Å². The number of allylic oxidation sites excluding steroid dienone is 5. The molecule has 2 fully saturated rings. The second kappa shape index (κ2) is 4.19. The van der Waals surface area contributed by atoms with Crippen LogP contribution in [0.3, 0.4) is 0 Å². The van der Waals surface area contributed by atoms with Gasteiger partial charge in [-0.3, -0.25) is 4.79 Å². The third-order valence-electron chi connectivity index (χ3n) is 6.73. The average molecular weight is 268 g/mol. The van der Waals surface area contributed by atoms with Crippen molar-refractivity contribution in [1.82, 2.24) is 0 Å². The van der Waals surface area contributed by atoms with E-state index in [0.29, 0.717) is 11.3 Å². The van der Waals surface area contributed by atoms with Crippen molar-refractivity contribution in [2.45, 2.75) is 45.4 Å². The first-order valence-electron chi connectivity index (χ1n) is 8.20. The minimum absolute atomic E-state index is 0.154. The van der Waals surface area contributed by atoms with Crippen LogP contribution in [0, 0.1) is 29.1 Å². The smallest absolute Gasteiger partial charge is 0.181 e. The van der Waals surface area contributed by atoms with Gasteiger partial charge in [0.05, 0.1) is 0 Å². The van der Waals surface area contributed by atoms with Crippen LogP contribution in [-0.4, -0.2) is 5.78 Å². The molecular weight excluding hydrogens is 244 g/mol. The highest BCUT2D eigenvalue weighted by molar-refractivity contribution is 6.05. The lowest BCUT2D eigenvalue weighted by molar-refractivity contribution is -0.112. The maximum Gasteiger partial charge on any atom is 0.181 e. The molecule has 0 aliphatic heterocycles. The van der Waals surface area contributed by atoms with Gasteiger partial charge in [0, 0.05) is 0 Å². The molecule has 0 unspecified atom stereocenters. The van der Waals surface area contributed by atoms with Crippen molar-refractivity contribution in [2.24, 2.45) is 29.1 Å². The number of hydrogen-bond acceptors (Lipinski definition) is 1. The lowest BCUT2D eigenvalue weighted by Crippen LogP contribution is -2.43. The second-order valence-electron chi connectivity index (χ2n) is 7.71. The zero-order valence-corrected chi connectivity index (χ0v) is 12.4. The predicted molar refractivity (Wildman–Crippen MR) is 81.1 cm³/mol. The van der Waals surface area contributed by atoms with Crippen molar-refractivity contribution in [3.63, 3.8) is 0 Å². The summed E-state index contributed by atoms with van der Waals surface area (Å²) in [5, 5.41) is 0. The summed E-state index contributed by atoms with van der Waals surface area (Å²) < 4.78 is 0. The fraction of sp³-hybridized carbons (Fsp3) is 0.632. The van der Waals surface area contributed by atoms with Gasteiger partial charge in [0.2, 0.25) is 0 Å². The molecule has 20 heavy (non-hydrogen) atoms. The molecular formula is C19H24O. The zero-order valence-electron chi connectivity index (χ0n) is 12.4. The standard InChI is InChI=1S/C19H24O/c1-12-10-16-13(11-18(12)20)5-6-15-14(16)7-9-19(2)8-3-4-17(15)19/h5-6,11,14-17H,1,3-4,7-10H2,2H3/t14-,15+,16-,17-,19-/m0/s1. The molecule has 0 spiro atoms. The molecule has 0 radical (unpaired) electrons. The fourth-order valence-electron chi connectivity index (χ4n) is 5.60. The molecule has 1 nitrogen and oxygen atoms in total. The van der Waals surface area contributed by atoms with E-state index in [9.17, 15) is 4.79 Å². The molecule has 0 aromatic rings. The highest BCUT2D eigenvalue weighted by Crippen LogP contribution is 2.60. The molecule has 5 atom stereocenters. The quantitative estimate of drug-likeness (QED) is 0.593. The Hall–Kier alpha value is -1.11. The molecule has 0 N–H and O–H groups in total. The highest BCUT2D eigenvalue weighted by Gasteiger charge is 2.51. The summed E-state index contributed by atoms with van der Waals surface area (Å²) >= 11 is 0. The first-order chi connectivity index (χ1) is 9.58. The van der Waals surface area contributed by atoms with E-state index in [0.717, 1.165) is 29.7 Å². The number of carbonyl (C=O) groups excluding carboxylic acids is 1. The normalized spacial score (nSPS) is 46.5. The Morgan fingerprint density at radius 1 is 1.30 bits per heavy atom. The van der Waals surface area contributed by atoms with E-state index in [2.05, 4.69) is 25.7 Å². The van der Waals surface area contributed by atoms with Gasteiger partial charge < -0.3 is 0 Å². The van der Waals surface area contributed by atoms with Crippen molar-refractivity contribution in [3.8, 4) is 0 Å². The molecule has 0 saturated heterocycles. The molecule has 0 bridgehead atoms. The summed E-state index contributed by atoms with van der Waals surface area (Å²) in [5.41, 5.74) is 2.70. The van der Waals surface area contributed by atoms with Crippen LogP contribution in [0.2, 0.25) is 0 Å². The summed E-state index contributed by atoms with van der Waals surface area (Å²) in [7, 11) is 0. The second-order valence-corrected chi connectivity index (χ2v) is 7.71. The number of ketones is 1. The Balaban J connectivity index is 1.71. The van der Waals surface area contributed by atoms with Crippen LogP contribution >= 0.6 is 0 Å². The van der Waals surface area contributed by atoms with E-state index in [1.54, 1.807) is 0 Å². The Morgan fingerprint density at radius 2 is 2.15 bits per heavy atom. The Morgan fingerprint density at radius 3 is 3.00 bits per heavy atom. The zero-order chi connectivity index (χ0) is 13.9. The molecule has 4 aliphatic carbocycles. The van der Waals surface area contributed by atoms with Gasteiger partial charge in [-0.1, -0.05) is 32.1 Å². The summed E-state index contributed by atoms with van der Waals surface area (Å²) in [6.07, 6.45) is 14.4. The summed E-state index contributed by atoms with van der Waals surface area (Å²) in [4.78, 5) is 11.8. The summed E-state index contributed by atoms with van der Waals surface area (Å²) in [6.45, 7) is 6.50. The van der Waals surface area contributed by atoms with Gasteiger partial charge in [-0.05, 0) is 78.4 Å². The van der Waals surface area contributed by atoms with Gasteiger partial charge >= 0.3 is 0 Å². The van der Waals surface area contributed by atoms with E-state index in [1.807, 2.05) is 6.08 Å². The van der Waals surface area contributed by atoms with Gasteiger partial charge in [-0.25, -0.2) is 0 Å². The largest absolute Gasteiger partial charge is 0.290 e. The first kappa shape index (κ1) is 12.6. The van der Waals surface area contributed by atoms with Crippen LogP contribution in [0.1, 0.15) is 45.4 Å².